The van der Waals surface area contributed by atoms with Crippen LogP contribution in [0.3, 0.4) is 0 Å². The van der Waals surface area contributed by atoms with E-state index in [0.29, 0.717) is 36.9 Å². The maximum Gasteiger partial charge on any atom is 0.270 e. The minimum atomic E-state index is -0.353. The Morgan fingerprint density at radius 2 is 2.04 bits per heavy atom. The van der Waals surface area contributed by atoms with Crippen LogP contribution in [0, 0.1) is 5.92 Å². The largest absolute Gasteiger partial charge is 0.350 e. The predicted molar refractivity (Wildman–Crippen MR) is 105 cm³/mol. The van der Waals surface area contributed by atoms with Crippen molar-refractivity contribution in [1.82, 2.24) is 24.6 Å². The Bertz CT molecular complexity index is 1050. The number of amides is 2. The van der Waals surface area contributed by atoms with Crippen LogP contribution in [0.15, 0.2) is 46.3 Å². The average Bonchev–Trinajstić information content (AvgIpc) is 3.27. The van der Waals surface area contributed by atoms with E-state index >= 15 is 0 Å². The van der Waals surface area contributed by atoms with Gasteiger partial charge >= 0.3 is 0 Å². The number of thiazole rings is 1. The summed E-state index contributed by atoms with van der Waals surface area (Å²) in [7, 11) is 0. The number of carbonyl (C=O) groups excluding carboxylic acids is 2. The minimum absolute atomic E-state index is 0.0824. The summed E-state index contributed by atoms with van der Waals surface area (Å²) in [5, 5.41) is 4.61. The molecule has 3 aromatic heterocycles. The highest BCUT2D eigenvalue weighted by molar-refractivity contribution is 7.07. The maximum atomic E-state index is 12.8. The molecular formula is C19H19N5O3S. The normalized spacial score (nSPS) is 14.9. The van der Waals surface area contributed by atoms with Gasteiger partial charge < -0.3 is 10.2 Å². The van der Waals surface area contributed by atoms with Crippen molar-refractivity contribution in [3.05, 3.63) is 63.1 Å². The van der Waals surface area contributed by atoms with Crippen molar-refractivity contribution in [3.8, 4) is 0 Å². The van der Waals surface area contributed by atoms with Crippen LogP contribution in [0.5, 0.6) is 0 Å². The zero-order valence-corrected chi connectivity index (χ0v) is 15.9. The topological polar surface area (TPSA) is 96.7 Å². The lowest BCUT2D eigenvalue weighted by Crippen LogP contribution is -2.43. The Morgan fingerprint density at radius 1 is 1.21 bits per heavy atom. The molecule has 144 valence electrons. The lowest BCUT2D eigenvalue weighted by molar-refractivity contribution is 0.0682. The zero-order valence-electron chi connectivity index (χ0n) is 15.1. The van der Waals surface area contributed by atoms with Crippen molar-refractivity contribution in [2.75, 3.05) is 19.6 Å². The van der Waals surface area contributed by atoms with Gasteiger partial charge in [0.05, 0.1) is 5.51 Å². The van der Waals surface area contributed by atoms with Crippen LogP contribution in [0.2, 0.25) is 0 Å². The quantitative estimate of drug-likeness (QED) is 0.718. The van der Waals surface area contributed by atoms with Crippen LogP contribution in [0.25, 0.3) is 5.65 Å². The number of hydrogen-bond acceptors (Lipinski definition) is 6. The molecule has 0 spiro atoms. The molecule has 0 bridgehead atoms. The van der Waals surface area contributed by atoms with E-state index in [0.717, 1.165) is 12.8 Å². The lowest BCUT2D eigenvalue weighted by atomic mass is 9.96. The number of piperidine rings is 1. The fraction of sp³-hybridized carbons (Fsp3) is 0.316. The monoisotopic (exact) mass is 397 g/mol. The number of rotatable bonds is 4. The molecule has 28 heavy (non-hydrogen) atoms. The smallest absolute Gasteiger partial charge is 0.270 e. The first kappa shape index (κ1) is 18.3. The van der Waals surface area contributed by atoms with Gasteiger partial charge in [-0.15, -0.1) is 11.3 Å². The number of likely N-dealkylation sites (tertiary alicyclic amines) is 1. The van der Waals surface area contributed by atoms with Gasteiger partial charge in [-0.25, -0.2) is 9.97 Å². The van der Waals surface area contributed by atoms with E-state index in [-0.39, 0.29) is 22.9 Å². The third-order valence-corrected chi connectivity index (χ3v) is 5.55. The second kappa shape index (κ2) is 7.89. The standard InChI is InChI=1S/C19H19N5O3S/c25-17(15-11-28-12-22-15)21-9-13-4-7-23(8-5-13)18(26)14-10-20-16-3-1-2-6-24(16)19(14)27/h1-3,6,10-13H,4-5,7-9H2,(H,21,25). The molecule has 1 fully saturated rings. The Hall–Kier alpha value is -3.07. The average molecular weight is 397 g/mol. The molecule has 1 aliphatic rings. The van der Waals surface area contributed by atoms with Crippen molar-refractivity contribution in [2.45, 2.75) is 12.8 Å². The van der Waals surface area contributed by atoms with Crippen molar-refractivity contribution in [1.29, 1.82) is 0 Å². The molecule has 8 nitrogen and oxygen atoms in total. The van der Waals surface area contributed by atoms with Crippen LogP contribution >= 0.6 is 11.3 Å². The van der Waals surface area contributed by atoms with Gasteiger partial charge in [0.15, 0.2) is 0 Å². The number of nitrogens with zero attached hydrogens (tertiary/aromatic N) is 4. The molecule has 9 heteroatoms. The molecule has 0 saturated carbocycles. The number of hydrogen-bond donors (Lipinski definition) is 1. The Kier molecular flexibility index (Phi) is 5.16. The van der Waals surface area contributed by atoms with Gasteiger partial charge in [-0.05, 0) is 30.9 Å². The highest BCUT2D eigenvalue weighted by atomic mass is 32.1. The molecule has 0 atom stereocenters. The van der Waals surface area contributed by atoms with E-state index in [2.05, 4.69) is 15.3 Å². The van der Waals surface area contributed by atoms with E-state index in [1.165, 1.54) is 21.9 Å². The van der Waals surface area contributed by atoms with Crippen LogP contribution in [0.4, 0.5) is 0 Å². The fourth-order valence-electron chi connectivity index (χ4n) is 3.34. The molecule has 0 aromatic carbocycles. The summed E-state index contributed by atoms with van der Waals surface area (Å²) in [6.45, 7) is 1.65. The SMILES string of the molecule is O=C(NCC1CCN(C(=O)c2cnc3ccccn3c2=O)CC1)c1cscn1. The second-order valence-corrected chi connectivity index (χ2v) is 7.44. The summed E-state index contributed by atoms with van der Waals surface area (Å²) < 4.78 is 1.38. The van der Waals surface area contributed by atoms with Crippen LogP contribution in [0.1, 0.15) is 33.7 Å². The summed E-state index contributed by atoms with van der Waals surface area (Å²) in [4.78, 5) is 47.2. The molecule has 4 rings (SSSR count). The van der Waals surface area contributed by atoms with Crippen LogP contribution in [-0.2, 0) is 0 Å². The first-order valence-electron chi connectivity index (χ1n) is 9.05. The highest BCUT2D eigenvalue weighted by Crippen LogP contribution is 2.18. The van der Waals surface area contributed by atoms with Crippen LogP contribution in [-0.4, -0.2) is 50.7 Å². The Labute approximate surface area is 164 Å². The van der Waals surface area contributed by atoms with Crippen molar-refractivity contribution in [2.24, 2.45) is 5.92 Å². The van der Waals surface area contributed by atoms with E-state index in [1.54, 1.807) is 40.2 Å². The van der Waals surface area contributed by atoms with Gasteiger partial charge in [-0.1, -0.05) is 6.07 Å². The maximum absolute atomic E-state index is 12.8. The third kappa shape index (κ3) is 3.65. The van der Waals surface area contributed by atoms with Gasteiger partial charge in [0, 0.05) is 37.4 Å². The van der Waals surface area contributed by atoms with Gasteiger partial charge in [-0.2, -0.15) is 0 Å². The van der Waals surface area contributed by atoms with E-state index in [1.807, 2.05) is 0 Å². The highest BCUT2D eigenvalue weighted by Gasteiger charge is 2.26. The first-order valence-corrected chi connectivity index (χ1v) is 10.00. The number of nitrogens with one attached hydrogen (secondary N) is 1. The first-order chi connectivity index (χ1) is 13.6. The van der Waals surface area contributed by atoms with E-state index < -0.39 is 0 Å². The number of carbonyl (C=O) groups is 2. The van der Waals surface area contributed by atoms with Gasteiger partial charge in [0.2, 0.25) is 0 Å². The van der Waals surface area contributed by atoms with Gasteiger partial charge in [0.25, 0.3) is 17.4 Å². The minimum Gasteiger partial charge on any atom is -0.350 e. The van der Waals surface area contributed by atoms with Crippen molar-refractivity contribution >= 4 is 28.8 Å². The van der Waals surface area contributed by atoms with E-state index in [9.17, 15) is 14.4 Å². The third-order valence-electron chi connectivity index (χ3n) is 4.96. The summed E-state index contributed by atoms with van der Waals surface area (Å²) >= 11 is 1.38. The summed E-state index contributed by atoms with van der Waals surface area (Å²) in [5.74, 6) is -0.168. The molecule has 2 amide bonds. The molecule has 1 aliphatic heterocycles. The molecule has 3 aromatic rings. The predicted octanol–water partition coefficient (Wildman–Crippen LogP) is 1.43. The van der Waals surface area contributed by atoms with E-state index in [4.69, 9.17) is 0 Å². The van der Waals surface area contributed by atoms with Crippen LogP contribution < -0.4 is 10.9 Å². The summed E-state index contributed by atoms with van der Waals surface area (Å²) in [5.41, 5.74) is 2.30. The Morgan fingerprint density at radius 3 is 2.79 bits per heavy atom. The lowest BCUT2D eigenvalue weighted by Gasteiger charge is -2.31. The van der Waals surface area contributed by atoms with Gasteiger partial charge in [0.1, 0.15) is 16.9 Å². The number of aromatic nitrogens is 3. The number of fused-ring (bicyclic) bond motifs is 1. The molecular weight excluding hydrogens is 378 g/mol. The zero-order chi connectivity index (χ0) is 19.5. The number of pyridine rings is 1. The molecule has 4 heterocycles. The molecule has 0 radical (unpaired) electrons. The fourth-order valence-corrected chi connectivity index (χ4v) is 3.87. The molecule has 1 saturated heterocycles. The van der Waals surface area contributed by atoms with Crippen molar-refractivity contribution < 1.29 is 9.59 Å². The Balaban J connectivity index is 1.36. The summed E-state index contributed by atoms with van der Waals surface area (Å²) in [6.07, 6.45) is 4.51. The second-order valence-electron chi connectivity index (χ2n) is 6.73. The van der Waals surface area contributed by atoms with Crippen molar-refractivity contribution in [3.63, 3.8) is 0 Å². The molecule has 0 unspecified atom stereocenters. The van der Waals surface area contributed by atoms with Gasteiger partial charge in [-0.3, -0.25) is 18.8 Å². The molecule has 0 aliphatic carbocycles. The summed E-state index contributed by atoms with van der Waals surface area (Å²) in [6, 6.07) is 5.25. The molecule has 1 N–H and O–H groups in total.